The lowest BCUT2D eigenvalue weighted by molar-refractivity contribution is -0.385. The fourth-order valence-electron chi connectivity index (χ4n) is 1.20. The first kappa shape index (κ1) is 14.1. The quantitative estimate of drug-likeness (QED) is 0.498. The Labute approximate surface area is 108 Å². The van der Waals surface area contributed by atoms with E-state index in [2.05, 4.69) is 21.4 Å². The van der Waals surface area contributed by atoms with Crippen LogP contribution in [0, 0.1) is 16.0 Å². The minimum Gasteiger partial charge on any atom is -0.301 e. The minimum atomic E-state index is -0.413. The molecule has 0 heterocycles. The number of rotatable bonds is 6. The Morgan fingerprint density at radius 3 is 2.76 bits per heavy atom. The first-order chi connectivity index (χ1) is 7.99. The number of hydrogen-bond donors (Lipinski definition) is 1. The summed E-state index contributed by atoms with van der Waals surface area (Å²) < 4.78 is 0.687. The lowest BCUT2D eigenvalue weighted by Crippen LogP contribution is -2.17. The summed E-state index contributed by atoms with van der Waals surface area (Å²) in [6.07, 6.45) is 0. The van der Waals surface area contributed by atoms with Gasteiger partial charge in [0.2, 0.25) is 0 Å². The van der Waals surface area contributed by atoms with Gasteiger partial charge in [0.1, 0.15) is 0 Å². The predicted octanol–water partition coefficient (Wildman–Crippen LogP) is 3.03. The summed E-state index contributed by atoms with van der Waals surface area (Å²) in [6.45, 7) is 5.14. The maximum atomic E-state index is 10.7. The second-order valence-electron chi connectivity index (χ2n) is 4.10. The van der Waals surface area contributed by atoms with E-state index in [1.165, 1.54) is 12.1 Å². The van der Waals surface area contributed by atoms with E-state index in [-0.39, 0.29) is 5.69 Å². The predicted molar refractivity (Wildman–Crippen MR) is 68.4 cm³/mol. The number of nitro groups is 1. The summed E-state index contributed by atoms with van der Waals surface area (Å²) in [4.78, 5) is 15.4. The van der Waals surface area contributed by atoms with Crippen LogP contribution in [0.1, 0.15) is 19.4 Å². The summed E-state index contributed by atoms with van der Waals surface area (Å²) in [5, 5.41) is 10.7. The van der Waals surface area contributed by atoms with Crippen LogP contribution in [0.15, 0.2) is 22.7 Å². The van der Waals surface area contributed by atoms with E-state index >= 15 is 0 Å². The number of hydrogen-bond acceptors (Lipinski definition) is 4. The Hall–Kier alpha value is -0.980. The van der Waals surface area contributed by atoms with E-state index < -0.39 is 4.92 Å². The molecule has 0 saturated carbocycles. The highest BCUT2D eigenvalue weighted by atomic mass is 79.9. The molecule has 0 aliphatic heterocycles. The lowest BCUT2D eigenvalue weighted by atomic mass is 10.2. The average Bonchev–Trinajstić information content (AvgIpc) is 2.23. The van der Waals surface area contributed by atoms with E-state index in [0.717, 1.165) is 5.56 Å². The van der Waals surface area contributed by atoms with Gasteiger partial charge in [0.05, 0.1) is 11.5 Å². The second kappa shape index (κ2) is 6.68. The molecule has 0 saturated heterocycles. The first-order valence-electron chi connectivity index (χ1n) is 5.27. The van der Waals surface area contributed by atoms with Gasteiger partial charge in [0.15, 0.2) is 0 Å². The van der Waals surface area contributed by atoms with Crippen LogP contribution >= 0.6 is 15.9 Å². The number of nitrogens with zero attached hydrogens (tertiary/aromatic N) is 1. The highest BCUT2D eigenvalue weighted by Gasteiger charge is 2.08. The van der Waals surface area contributed by atoms with Gasteiger partial charge in [0, 0.05) is 23.2 Å². The third-order valence-corrected chi connectivity index (χ3v) is 2.41. The monoisotopic (exact) mass is 302 g/mol. The molecule has 0 radical (unpaired) electrons. The van der Waals surface area contributed by atoms with Gasteiger partial charge < -0.3 is 4.84 Å². The van der Waals surface area contributed by atoms with Gasteiger partial charge in [-0.2, -0.15) is 5.48 Å². The molecule has 1 aromatic carbocycles. The lowest BCUT2D eigenvalue weighted by Gasteiger charge is -2.08. The van der Waals surface area contributed by atoms with Crippen LogP contribution in [0.2, 0.25) is 0 Å². The molecule has 0 aliphatic carbocycles. The molecule has 0 atom stereocenters. The summed E-state index contributed by atoms with van der Waals surface area (Å²) in [7, 11) is 0. The molecule has 0 spiro atoms. The third kappa shape index (κ3) is 5.25. The van der Waals surface area contributed by atoms with Crippen LogP contribution in [-0.4, -0.2) is 11.5 Å². The van der Waals surface area contributed by atoms with Crippen molar-refractivity contribution in [1.29, 1.82) is 0 Å². The van der Waals surface area contributed by atoms with Crippen molar-refractivity contribution in [3.63, 3.8) is 0 Å². The minimum absolute atomic E-state index is 0.0695. The fourth-order valence-corrected chi connectivity index (χ4v) is 1.73. The topological polar surface area (TPSA) is 64.4 Å². The highest BCUT2D eigenvalue weighted by Crippen LogP contribution is 2.21. The van der Waals surface area contributed by atoms with Crippen molar-refractivity contribution in [2.75, 3.05) is 6.61 Å². The Kier molecular flexibility index (Phi) is 5.54. The molecule has 0 aromatic heterocycles. The van der Waals surface area contributed by atoms with Crippen LogP contribution in [-0.2, 0) is 11.4 Å². The molecule has 0 unspecified atom stereocenters. The maximum Gasteiger partial charge on any atom is 0.270 e. The SMILES string of the molecule is CC(C)CONCc1cc(Br)cc([N+](=O)[O-])c1. The van der Waals surface area contributed by atoms with Crippen molar-refractivity contribution in [2.45, 2.75) is 20.4 Å². The van der Waals surface area contributed by atoms with Crippen molar-refractivity contribution in [3.8, 4) is 0 Å². The zero-order valence-electron chi connectivity index (χ0n) is 9.77. The molecular formula is C11H15BrN2O3. The molecule has 1 N–H and O–H groups in total. The maximum absolute atomic E-state index is 10.7. The molecule has 0 bridgehead atoms. The van der Waals surface area contributed by atoms with E-state index in [1.807, 2.05) is 19.9 Å². The highest BCUT2D eigenvalue weighted by molar-refractivity contribution is 9.10. The Morgan fingerprint density at radius 1 is 1.47 bits per heavy atom. The fraction of sp³-hybridized carbons (Fsp3) is 0.455. The Morgan fingerprint density at radius 2 is 2.18 bits per heavy atom. The first-order valence-corrected chi connectivity index (χ1v) is 6.07. The van der Waals surface area contributed by atoms with E-state index in [0.29, 0.717) is 23.5 Å². The molecule has 0 amide bonds. The summed E-state index contributed by atoms with van der Waals surface area (Å²) in [5.41, 5.74) is 3.65. The zero-order valence-corrected chi connectivity index (χ0v) is 11.4. The van der Waals surface area contributed by atoms with Crippen LogP contribution < -0.4 is 5.48 Å². The van der Waals surface area contributed by atoms with Gasteiger partial charge in [0.25, 0.3) is 5.69 Å². The third-order valence-electron chi connectivity index (χ3n) is 1.95. The normalized spacial score (nSPS) is 10.8. The molecule has 17 heavy (non-hydrogen) atoms. The summed E-state index contributed by atoms with van der Waals surface area (Å²) >= 11 is 3.24. The van der Waals surface area contributed by atoms with Crippen LogP contribution in [0.4, 0.5) is 5.69 Å². The second-order valence-corrected chi connectivity index (χ2v) is 5.02. The molecule has 0 fully saturated rings. The Balaban J connectivity index is 2.56. The number of nitro benzene ring substituents is 1. The molecular weight excluding hydrogens is 288 g/mol. The standard InChI is InChI=1S/C11H15BrN2O3/c1-8(2)7-17-13-6-9-3-10(12)5-11(4-9)14(15)16/h3-5,8,13H,6-7H2,1-2H3. The number of hydroxylamine groups is 1. The summed E-state index contributed by atoms with van der Waals surface area (Å²) in [5.74, 6) is 0.444. The van der Waals surface area contributed by atoms with Crippen molar-refractivity contribution in [2.24, 2.45) is 5.92 Å². The van der Waals surface area contributed by atoms with Gasteiger partial charge in [-0.05, 0) is 17.5 Å². The number of halogens is 1. The van der Waals surface area contributed by atoms with Gasteiger partial charge >= 0.3 is 0 Å². The Bertz CT molecular complexity index is 396. The number of nitrogens with one attached hydrogen (secondary N) is 1. The number of benzene rings is 1. The van der Waals surface area contributed by atoms with E-state index in [4.69, 9.17) is 4.84 Å². The van der Waals surface area contributed by atoms with Gasteiger partial charge in [-0.3, -0.25) is 10.1 Å². The zero-order chi connectivity index (χ0) is 12.8. The van der Waals surface area contributed by atoms with Crippen molar-refractivity contribution in [3.05, 3.63) is 38.3 Å². The van der Waals surface area contributed by atoms with Crippen LogP contribution in [0.25, 0.3) is 0 Å². The average molecular weight is 303 g/mol. The van der Waals surface area contributed by atoms with E-state index in [1.54, 1.807) is 0 Å². The molecule has 6 heteroatoms. The van der Waals surface area contributed by atoms with Gasteiger partial charge in [-0.1, -0.05) is 29.8 Å². The van der Waals surface area contributed by atoms with E-state index in [9.17, 15) is 10.1 Å². The van der Waals surface area contributed by atoms with Crippen molar-refractivity contribution in [1.82, 2.24) is 5.48 Å². The van der Waals surface area contributed by atoms with Crippen LogP contribution in [0.5, 0.6) is 0 Å². The molecule has 0 aliphatic rings. The van der Waals surface area contributed by atoms with Gasteiger partial charge in [-0.25, -0.2) is 0 Å². The van der Waals surface area contributed by atoms with Gasteiger partial charge in [-0.15, -0.1) is 0 Å². The largest absolute Gasteiger partial charge is 0.301 e. The smallest absolute Gasteiger partial charge is 0.270 e. The molecule has 1 aromatic rings. The summed E-state index contributed by atoms with van der Waals surface area (Å²) in [6, 6.07) is 4.81. The van der Waals surface area contributed by atoms with Crippen molar-refractivity contribution >= 4 is 21.6 Å². The molecule has 94 valence electrons. The number of non-ortho nitro benzene ring substituents is 1. The molecule has 5 nitrogen and oxygen atoms in total. The van der Waals surface area contributed by atoms with Crippen LogP contribution in [0.3, 0.4) is 0 Å². The molecule has 1 rings (SSSR count). The van der Waals surface area contributed by atoms with Crippen molar-refractivity contribution < 1.29 is 9.76 Å².